The highest BCUT2D eigenvalue weighted by molar-refractivity contribution is 5.83. The number of nitrogens with zero attached hydrogens (tertiary/aromatic N) is 1. The molecule has 2 heterocycles. The molecule has 0 bridgehead atoms. The van der Waals surface area contributed by atoms with E-state index in [1.54, 1.807) is 0 Å². The SMILES string of the molecule is NC(=O)C1(CO)CN(Cc2ccccc2)C1.NC(=O)C1(CO)CNC1. The van der Waals surface area contributed by atoms with Crippen LogP contribution in [0.2, 0.25) is 0 Å². The summed E-state index contributed by atoms with van der Waals surface area (Å²) >= 11 is 0. The molecule has 1 aromatic rings. The Bertz CT molecular complexity index is 592. The van der Waals surface area contributed by atoms with Gasteiger partial charge in [-0.1, -0.05) is 30.3 Å². The smallest absolute Gasteiger partial charge is 0.228 e. The molecule has 8 heteroatoms. The minimum atomic E-state index is -0.714. The van der Waals surface area contributed by atoms with Crippen molar-refractivity contribution in [2.24, 2.45) is 22.3 Å². The van der Waals surface area contributed by atoms with Gasteiger partial charge in [0.2, 0.25) is 11.8 Å². The van der Waals surface area contributed by atoms with E-state index in [2.05, 4.69) is 10.2 Å². The van der Waals surface area contributed by atoms with E-state index in [0.29, 0.717) is 26.2 Å². The maximum Gasteiger partial charge on any atom is 0.228 e. The number of aliphatic hydroxyl groups is 2. The first-order chi connectivity index (χ1) is 11.9. The van der Waals surface area contributed by atoms with Gasteiger partial charge in [-0.05, 0) is 5.56 Å². The van der Waals surface area contributed by atoms with Crippen LogP contribution in [0.25, 0.3) is 0 Å². The van der Waals surface area contributed by atoms with Crippen molar-refractivity contribution >= 4 is 11.8 Å². The van der Waals surface area contributed by atoms with Gasteiger partial charge in [0, 0.05) is 32.7 Å². The van der Waals surface area contributed by atoms with Crippen molar-refractivity contribution in [3.8, 4) is 0 Å². The first-order valence-electron chi connectivity index (χ1n) is 8.16. The van der Waals surface area contributed by atoms with Crippen LogP contribution in [0, 0.1) is 10.8 Å². The minimum absolute atomic E-state index is 0.144. The minimum Gasteiger partial charge on any atom is -0.395 e. The summed E-state index contributed by atoms with van der Waals surface area (Å²) in [4.78, 5) is 23.8. The Hall–Kier alpha value is -2.00. The first kappa shape index (κ1) is 19.3. The van der Waals surface area contributed by atoms with Crippen LogP contribution in [0.3, 0.4) is 0 Å². The van der Waals surface area contributed by atoms with E-state index >= 15 is 0 Å². The van der Waals surface area contributed by atoms with Crippen molar-refractivity contribution in [3.05, 3.63) is 35.9 Å². The highest BCUT2D eigenvalue weighted by atomic mass is 16.3. The molecule has 1 aromatic carbocycles. The number of nitrogens with one attached hydrogen (secondary N) is 1. The monoisotopic (exact) mass is 350 g/mol. The number of carbonyl (C=O) groups is 2. The number of nitrogens with two attached hydrogens (primary N) is 2. The van der Waals surface area contributed by atoms with Crippen molar-refractivity contribution < 1.29 is 19.8 Å². The van der Waals surface area contributed by atoms with Gasteiger partial charge in [0.25, 0.3) is 0 Å². The number of aliphatic hydroxyl groups excluding tert-OH is 2. The van der Waals surface area contributed by atoms with Crippen molar-refractivity contribution in [2.75, 3.05) is 39.4 Å². The summed E-state index contributed by atoms with van der Waals surface area (Å²) in [6, 6.07) is 10.0. The number of hydrogen-bond donors (Lipinski definition) is 5. The summed E-state index contributed by atoms with van der Waals surface area (Å²) in [7, 11) is 0. The van der Waals surface area contributed by atoms with Crippen molar-refractivity contribution in [3.63, 3.8) is 0 Å². The average Bonchev–Trinajstić information content (AvgIpc) is 2.51. The van der Waals surface area contributed by atoms with Gasteiger partial charge in [0.05, 0.1) is 24.0 Å². The molecular formula is C17H26N4O4. The molecule has 7 N–H and O–H groups in total. The first-order valence-corrected chi connectivity index (χ1v) is 8.16. The van der Waals surface area contributed by atoms with Crippen LogP contribution in [0.1, 0.15) is 5.56 Å². The second kappa shape index (κ2) is 7.92. The van der Waals surface area contributed by atoms with Gasteiger partial charge in [-0.15, -0.1) is 0 Å². The highest BCUT2D eigenvalue weighted by Gasteiger charge is 2.47. The molecule has 0 unspecified atom stereocenters. The molecule has 2 amide bonds. The van der Waals surface area contributed by atoms with E-state index < -0.39 is 22.6 Å². The number of likely N-dealkylation sites (tertiary alicyclic amines) is 1. The van der Waals surface area contributed by atoms with Gasteiger partial charge >= 0.3 is 0 Å². The van der Waals surface area contributed by atoms with E-state index in [0.717, 1.165) is 6.54 Å². The number of carbonyl (C=O) groups excluding carboxylic acids is 2. The topological polar surface area (TPSA) is 142 Å². The van der Waals surface area contributed by atoms with Gasteiger partial charge in [0.1, 0.15) is 0 Å². The van der Waals surface area contributed by atoms with Crippen molar-refractivity contribution in [2.45, 2.75) is 6.54 Å². The molecule has 0 spiro atoms. The van der Waals surface area contributed by atoms with Gasteiger partial charge in [-0.25, -0.2) is 0 Å². The number of hydrogen-bond acceptors (Lipinski definition) is 6. The summed E-state index contributed by atoms with van der Waals surface area (Å²) in [5.74, 6) is -0.817. The number of rotatable bonds is 6. The molecule has 0 aromatic heterocycles. The van der Waals surface area contributed by atoms with Crippen molar-refractivity contribution in [1.82, 2.24) is 10.2 Å². The van der Waals surface area contributed by atoms with Crippen LogP contribution in [-0.2, 0) is 16.1 Å². The maximum atomic E-state index is 11.2. The molecule has 0 atom stereocenters. The van der Waals surface area contributed by atoms with E-state index in [-0.39, 0.29) is 13.2 Å². The molecule has 2 saturated heterocycles. The number of amides is 2. The second-order valence-corrected chi connectivity index (χ2v) is 6.84. The third-order valence-corrected chi connectivity index (χ3v) is 4.88. The lowest BCUT2D eigenvalue weighted by atomic mass is 9.79. The Morgan fingerprint density at radius 3 is 1.84 bits per heavy atom. The summed E-state index contributed by atoms with van der Waals surface area (Å²) in [6.07, 6.45) is 0. The molecule has 2 aliphatic heterocycles. The third kappa shape index (κ3) is 4.16. The molecule has 0 radical (unpaired) electrons. The van der Waals surface area contributed by atoms with Gasteiger partial charge in [-0.3, -0.25) is 14.5 Å². The zero-order valence-electron chi connectivity index (χ0n) is 14.1. The highest BCUT2D eigenvalue weighted by Crippen LogP contribution is 2.30. The van der Waals surface area contributed by atoms with E-state index in [9.17, 15) is 9.59 Å². The molecule has 138 valence electrons. The summed E-state index contributed by atoms with van der Waals surface area (Å²) in [5, 5.41) is 20.7. The Labute approximate surface area is 146 Å². The molecule has 8 nitrogen and oxygen atoms in total. The van der Waals surface area contributed by atoms with Gasteiger partial charge < -0.3 is 27.0 Å². The quantitative estimate of drug-likeness (QED) is 0.402. The lowest BCUT2D eigenvalue weighted by Crippen LogP contribution is -2.63. The summed E-state index contributed by atoms with van der Waals surface area (Å²) < 4.78 is 0. The van der Waals surface area contributed by atoms with Crippen LogP contribution in [0.5, 0.6) is 0 Å². The van der Waals surface area contributed by atoms with Crippen LogP contribution >= 0.6 is 0 Å². The molecule has 25 heavy (non-hydrogen) atoms. The van der Waals surface area contributed by atoms with Crippen LogP contribution < -0.4 is 16.8 Å². The summed E-state index contributed by atoms with van der Waals surface area (Å²) in [5.41, 5.74) is 10.1. The Balaban J connectivity index is 0.000000212. The fraction of sp³-hybridized carbons (Fsp3) is 0.529. The standard InChI is InChI=1S/C12H16N2O2.C5H10N2O2/c13-11(16)12(9-15)7-14(8-12)6-10-4-2-1-3-5-10;6-4(9)5(3-8)1-7-2-5/h1-5,15H,6-9H2,(H2,13,16);7-8H,1-3H2,(H2,6,9). The molecule has 2 fully saturated rings. The Morgan fingerprint density at radius 1 is 1.00 bits per heavy atom. The fourth-order valence-corrected chi connectivity index (χ4v) is 2.89. The van der Waals surface area contributed by atoms with E-state index in [1.165, 1.54) is 5.56 Å². The molecule has 0 saturated carbocycles. The van der Waals surface area contributed by atoms with E-state index in [1.807, 2.05) is 30.3 Å². The molecule has 0 aliphatic carbocycles. The van der Waals surface area contributed by atoms with Gasteiger partial charge in [0.15, 0.2) is 0 Å². The molecular weight excluding hydrogens is 324 g/mol. The van der Waals surface area contributed by atoms with Crippen LogP contribution in [0.4, 0.5) is 0 Å². The third-order valence-electron chi connectivity index (χ3n) is 4.88. The maximum absolute atomic E-state index is 11.2. The van der Waals surface area contributed by atoms with Crippen molar-refractivity contribution in [1.29, 1.82) is 0 Å². The predicted octanol–water partition coefficient (Wildman–Crippen LogP) is -1.98. The number of primary amides is 2. The number of benzene rings is 1. The lowest BCUT2D eigenvalue weighted by Gasteiger charge is -2.47. The largest absolute Gasteiger partial charge is 0.395 e. The van der Waals surface area contributed by atoms with Gasteiger partial charge in [-0.2, -0.15) is 0 Å². The fourth-order valence-electron chi connectivity index (χ4n) is 2.89. The Kier molecular flexibility index (Phi) is 6.12. The average molecular weight is 350 g/mol. The molecule has 2 aliphatic rings. The van der Waals surface area contributed by atoms with Crippen LogP contribution in [-0.4, -0.2) is 66.3 Å². The predicted molar refractivity (Wildman–Crippen MR) is 92.0 cm³/mol. The zero-order valence-corrected chi connectivity index (χ0v) is 14.1. The summed E-state index contributed by atoms with van der Waals surface area (Å²) in [6.45, 7) is 2.62. The second-order valence-electron chi connectivity index (χ2n) is 6.84. The van der Waals surface area contributed by atoms with Crippen LogP contribution in [0.15, 0.2) is 30.3 Å². The normalized spacial score (nSPS) is 20.4. The van der Waals surface area contributed by atoms with E-state index in [4.69, 9.17) is 21.7 Å². The Morgan fingerprint density at radius 2 is 1.52 bits per heavy atom. The lowest BCUT2D eigenvalue weighted by molar-refractivity contribution is -0.143. The molecule has 3 rings (SSSR count). The zero-order chi connectivity index (χ0) is 18.5.